The highest BCUT2D eigenvalue weighted by Gasteiger charge is 2.70. The molecule has 0 aromatic carbocycles. The third kappa shape index (κ3) is 2.54. The van der Waals surface area contributed by atoms with Gasteiger partial charge < -0.3 is 15.3 Å². The summed E-state index contributed by atoms with van der Waals surface area (Å²) < 4.78 is 0. The van der Waals surface area contributed by atoms with E-state index in [-0.39, 0.29) is 28.5 Å². The minimum atomic E-state index is -0.981. The third-order valence-corrected chi connectivity index (χ3v) is 7.55. The van der Waals surface area contributed by atoms with Crippen LogP contribution >= 0.6 is 0 Å². The molecule has 0 aromatic heterocycles. The summed E-state index contributed by atoms with van der Waals surface area (Å²) in [5.74, 6) is 0.581. The Kier molecular flexibility index (Phi) is 4.73. The minimum absolute atomic E-state index is 0.0556. The highest BCUT2D eigenvalue weighted by Crippen LogP contribution is 2.75. The van der Waals surface area contributed by atoms with Gasteiger partial charge in [0.05, 0.1) is 12.2 Å². The Labute approximate surface area is 139 Å². The molecule has 4 aliphatic rings. The number of hydrogen-bond acceptors (Lipinski definition) is 3. The van der Waals surface area contributed by atoms with E-state index in [2.05, 4.69) is 20.4 Å². The molecule has 23 heavy (non-hydrogen) atoms. The molecule has 0 amide bonds. The molecular formula is C19H32O4. The van der Waals surface area contributed by atoms with Crippen LogP contribution in [0.15, 0.2) is 12.7 Å². The summed E-state index contributed by atoms with van der Waals surface area (Å²) in [6.45, 7) is 11.5. The van der Waals surface area contributed by atoms with E-state index in [9.17, 15) is 15.0 Å². The molecule has 3 N–H and O–H groups in total. The van der Waals surface area contributed by atoms with E-state index < -0.39 is 5.97 Å². The van der Waals surface area contributed by atoms with Crippen molar-refractivity contribution in [1.82, 2.24) is 0 Å². The SMILES string of the molecule is C=CC(=O)O.CC(O)C12CC3CC(CC(C)(C3)C1(C)C(C)O)C2. The van der Waals surface area contributed by atoms with Crippen molar-refractivity contribution in [3.63, 3.8) is 0 Å². The summed E-state index contributed by atoms with van der Waals surface area (Å²) in [7, 11) is 0. The molecule has 4 aliphatic carbocycles. The second-order valence-corrected chi connectivity index (χ2v) is 8.60. The summed E-state index contributed by atoms with van der Waals surface area (Å²) in [4.78, 5) is 9.25. The van der Waals surface area contributed by atoms with Crippen molar-refractivity contribution in [2.45, 2.75) is 72.0 Å². The Morgan fingerprint density at radius 1 is 1.09 bits per heavy atom. The van der Waals surface area contributed by atoms with E-state index in [1.807, 2.05) is 13.8 Å². The zero-order valence-corrected chi connectivity index (χ0v) is 14.9. The summed E-state index contributed by atoms with van der Waals surface area (Å²) in [6, 6.07) is 0. The zero-order valence-electron chi connectivity index (χ0n) is 14.9. The molecule has 4 nitrogen and oxygen atoms in total. The maximum atomic E-state index is 10.5. The van der Waals surface area contributed by atoms with E-state index in [1.54, 1.807) is 0 Å². The van der Waals surface area contributed by atoms with E-state index in [4.69, 9.17) is 5.11 Å². The van der Waals surface area contributed by atoms with Crippen molar-refractivity contribution in [3.05, 3.63) is 12.7 Å². The molecule has 4 fully saturated rings. The zero-order chi connectivity index (χ0) is 17.6. The number of rotatable bonds is 3. The van der Waals surface area contributed by atoms with Crippen LogP contribution in [0.4, 0.5) is 0 Å². The van der Waals surface area contributed by atoms with Crippen LogP contribution in [-0.4, -0.2) is 33.5 Å². The first-order valence-corrected chi connectivity index (χ1v) is 8.74. The summed E-state index contributed by atoms with van der Waals surface area (Å²) >= 11 is 0. The molecule has 4 heteroatoms. The van der Waals surface area contributed by atoms with Crippen LogP contribution in [0.1, 0.15) is 59.8 Å². The van der Waals surface area contributed by atoms with Gasteiger partial charge in [-0.25, -0.2) is 4.79 Å². The van der Waals surface area contributed by atoms with Crippen molar-refractivity contribution in [2.24, 2.45) is 28.1 Å². The molecule has 132 valence electrons. The molecule has 4 saturated carbocycles. The molecule has 5 unspecified atom stereocenters. The number of aliphatic hydroxyl groups is 2. The first-order chi connectivity index (χ1) is 10.5. The molecule has 5 atom stereocenters. The lowest BCUT2D eigenvalue weighted by molar-refractivity contribution is -0.280. The topological polar surface area (TPSA) is 77.8 Å². The van der Waals surface area contributed by atoms with Gasteiger partial charge in [-0.15, -0.1) is 0 Å². The van der Waals surface area contributed by atoms with Crippen LogP contribution in [0.2, 0.25) is 0 Å². The van der Waals surface area contributed by atoms with E-state index in [0.29, 0.717) is 0 Å². The maximum absolute atomic E-state index is 10.5. The number of carboxylic acid groups (broad SMARTS) is 1. The van der Waals surface area contributed by atoms with Crippen LogP contribution in [0.3, 0.4) is 0 Å². The van der Waals surface area contributed by atoms with Crippen LogP contribution in [0, 0.1) is 28.1 Å². The van der Waals surface area contributed by atoms with Crippen LogP contribution < -0.4 is 0 Å². The Morgan fingerprint density at radius 2 is 1.52 bits per heavy atom. The highest BCUT2D eigenvalue weighted by atomic mass is 16.4. The smallest absolute Gasteiger partial charge is 0.327 e. The number of carboxylic acids is 1. The molecule has 0 saturated heterocycles. The Bertz CT molecular complexity index is 468. The second-order valence-electron chi connectivity index (χ2n) is 8.60. The van der Waals surface area contributed by atoms with E-state index in [0.717, 1.165) is 30.8 Å². The number of aliphatic carboxylic acids is 1. The first kappa shape index (κ1) is 18.5. The first-order valence-electron chi connectivity index (χ1n) is 8.74. The van der Waals surface area contributed by atoms with Crippen molar-refractivity contribution in [2.75, 3.05) is 0 Å². The molecule has 0 spiro atoms. The van der Waals surface area contributed by atoms with Gasteiger partial charge in [0, 0.05) is 16.9 Å². The van der Waals surface area contributed by atoms with Crippen LogP contribution in [0.25, 0.3) is 0 Å². The van der Waals surface area contributed by atoms with Gasteiger partial charge in [-0.1, -0.05) is 20.4 Å². The van der Waals surface area contributed by atoms with Crippen molar-refractivity contribution in [3.8, 4) is 0 Å². The fourth-order valence-electron chi connectivity index (χ4n) is 6.56. The standard InChI is InChI=1S/C16H28O2.C3H4O2/c1-10(17)15(4)14(3)6-12-5-13(7-14)9-16(15,8-12)11(2)18;1-2-3(4)5/h10-13,17-18H,5-9H2,1-4H3;2H,1H2,(H,4,5). The normalized spacial score (nSPS) is 46.5. The summed E-state index contributed by atoms with van der Waals surface area (Å²) in [5, 5.41) is 28.6. The third-order valence-electron chi connectivity index (χ3n) is 7.55. The lowest BCUT2D eigenvalue weighted by Gasteiger charge is -2.73. The van der Waals surface area contributed by atoms with Crippen molar-refractivity contribution in [1.29, 1.82) is 0 Å². The van der Waals surface area contributed by atoms with Gasteiger partial charge in [-0.05, 0) is 63.2 Å². The molecule has 4 bridgehead atoms. The lowest BCUT2D eigenvalue weighted by atomic mass is 9.32. The monoisotopic (exact) mass is 324 g/mol. The van der Waals surface area contributed by atoms with Gasteiger partial charge in [0.15, 0.2) is 0 Å². The lowest BCUT2D eigenvalue weighted by Crippen LogP contribution is -2.69. The highest BCUT2D eigenvalue weighted by molar-refractivity contribution is 5.78. The van der Waals surface area contributed by atoms with Crippen molar-refractivity contribution >= 4 is 5.97 Å². The minimum Gasteiger partial charge on any atom is -0.478 e. The Morgan fingerprint density at radius 3 is 1.83 bits per heavy atom. The Hall–Kier alpha value is -0.870. The molecule has 0 radical (unpaired) electrons. The molecule has 0 aliphatic heterocycles. The van der Waals surface area contributed by atoms with Crippen LogP contribution in [0.5, 0.6) is 0 Å². The molecular weight excluding hydrogens is 292 g/mol. The predicted molar refractivity (Wildman–Crippen MR) is 89.9 cm³/mol. The largest absolute Gasteiger partial charge is 0.478 e. The van der Waals surface area contributed by atoms with E-state index in [1.165, 1.54) is 19.3 Å². The quantitative estimate of drug-likeness (QED) is 0.697. The number of carbonyl (C=O) groups is 1. The van der Waals surface area contributed by atoms with Gasteiger partial charge in [-0.2, -0.15) is 0 Å². The van der Waals surface area contributed by atoms with E-state index >= 15 is 0 Å². The fourth-order valence-corrected chi connectivity index (χ4v) is 6.56. The van der Waals surface area contributed by atoms with Gasteiger partial charge in [0.2, 0.25) is 0 Å². The maximum Gasteiger partial charge on any atom is 0.327 e. The van der Waals surface area contributed by atoms with Gasteiger partial charge in [0.25, 0.3) is 0 Å². The summed E-state index contributed by atoms with van der Waals surface area (Å²) in [6.07, 6.45) is 6.30. The average Bonchev–Trinajstić information content (AvgIpc) is 2.43. The molecule has 0 heterocycles. The fraction of sp³-hybridized carbons (Fsp3) is 0.842. The van der Waals surface area contributed by atoms with Crippen molar-refractivity contribution < 1.29 is 20.1 Å². The van der Waals surface area contributed by atoms with Gasteiger partial charge >= 0.3 is 5.97 Å². The predicted octanol–water partition coefficient (Wildman–Crippen LogP) is 3.23. The van der Waals surface area contributed by atoms with Gasteiger partial charge in [0.1, 0.15) is 0 Å². The van der Waals surface area contributed by atoms with Crippen LogP contribution in [-0.2, 0) is 4.79 Å². The average molecular weight is 324 g/mol. The summed E-state index contributed by atoms with van der Waals surface area (Å²) in [5.41, 5.74) is 0.0177. The molecule has 4 rings (SSSR count). The number of hydrogen-bond donors (Lipinski definition) is 3. The molecule has 0 aromatic rings. The second kappa shape index (κ2) is 5.89. The number of aliphatic hydroxyl groups excluding tert-OH is 2. The van der Waals surface area contributed by atoms with Gasteiger partial charge in [-0.3, -0.25) is 0 Å². The Balaban J connectivity index is 0.000000338.